The van der Waals surface area contributed by atoms with E-state index in [4.69, 9.17) is 11.6 Å². The van der Waals surface area contributed by atoms with Crippen LogP contribution in [0.1, 0.15) is 47.6 Å². The highest BCUT2D eigenvalue weighted by Crippen LogP contribution is 2.30. The number of aromatic nitrogens is 9. The Labute approximate surface area is 313 Å². The summed E-state index contributed by atoms with van der Waals surface area (Å²) in [5.41, 5.74) is -7.11. The van der Waals surface area contributed by atoms with E-state index in [1.54, 1.807) is 24.3 Å². The van der Waals surface area contributed by atoms with Crippen LogP contribution in [0.25, 0.3) is 28.2 Å². The third kappa shape index (κ3) is 6.68. The Morgan fingerprint density at radius 3 is 1.96 bits per heavy atom. The maximum atomic E-state index is 14.1. The zero-order chi connectivity index (χ0) is 40.0. The first kappa shape index (κ1) is 37.6. The molecule has 18 nitrogen and oxygen atoms in total. The molecule has 0 saturated carbocycles. The maximum Gasteiger partial charge on any atom is 0.352 e. The van der Waals surface area contributed by atoms with Gasteiger partial charge in [0, 0.05) is 40.0 Å². The van der Waals surface area contributed by atoms with Crippen LogP contribution in [0.5, 0.6) is 5.75 Å². The second-order valence-corrected chi connectivity index (χ2v) is 13.3. The molecule has 0 aliphatic rings. The Bertz CT molecular complexity index is 3030. The molecule has 2 aromatic carbocycles. The predicted octanol–water partition coefficient (Wildman–Crippen LogP) is 0.589. The predicted molar refractivity (Wildman–Crippen MR) is 200 cm³/mol. The Morgan fingerprint density at radius 1 is 0.818 bits per heavy atom. The van der Waals surface area contributed by atoms with Crippen molar-refractivity contribution in [3.63, 3.8) is 0 Å². The fraction of sp³-hybridized carbons (Fsp3) is 0.222. The molecule has 55 heavy (non-hydrogen) atoms. The first-order valence-electron chi connectivity index (χ1n) is 16.5. The lowest BCUT2D eigenvalue weighted by molar-refractivity contribution is 0.460. The standard InChI is InChI=1S/C36H31ClN10O8/c1-17(2)19-6-8-22(9-7-19)47-33(52)28(25-15-40-44(4)35(54)31(25)50)42-46(36(47)55)16-21-11-18(10-20(13-38)26(21)37)12-23-29(48)27(41-45(5)32(23)51)24-14-39-43(3)34(53)30(24)49/h6-11,14-15,17,39-40,48H,12,16H2,1-5H3. The number of H-pyrrole nitrogens is 2. The Morgan fingerprint density at radius 2 is 1.40 bits per heavy atom. The topological polar surface area (TPSA) is 246 Å². The fourth-order valence-corrected chi connectivity index (χ4v) is 6.13. The number of aromatic amines is 2. The number of hydrogen-bond acceptors (Lipinski definition) is 11. The molecular weight excluding hydrogens is 736 g/mol. The van der Waals surface area contributed by atoms with Crippen LogP contribution in [-0.4, -0.2) is 48.8 Å². The smallest absolute Gasteiger partial charge is 0.352 e. The summed E-state index contributed by atoms with van der Waals surface area (Å²) in [5.74, 6) is -0.552. The Kier molecular flexibility index (Phi) is 9.82. The van der Waals surface area contributed by atoms with Gasteiger partial charge in [-0.05, 0) is 40.8 Å². The summed E-state index contributed by atoms with van der Waals surface area (Å²) in [6, 6.07) is 11.3. The summed E-state index contributed by atoms with van der Waals surface area (Å²) in [5, 5.41) is 34.5. The second-order valence-electron chi connectivity index (χ2n) is 12.9. The van der Waals surface area contributed by atoms with E-state index in [2.05, 4.69) is 20.4 Å². The summed E-state index contributed by atoms with van der Waals surface area (Å²) in [7, 11) is 3.92. The number of nitrogens with one attached hydrogen (secondary N) is 2. The van der Waals surface area contributed by atoms with Crippen molar-refractivity contribution in [1.82, 2.24) is 43.7 Å². The monoisotopic (exact) mass is 766 g/mol. The van der Waals surface area contributed by atoms with Crippen molar-refractivity contribution >= 4 is 11.6 Å². The normalized spacial score (nSPS) is 11.2. The van der Waals surface area contributed by atoms with Gasteiger partial charge in [0.25, 0.3) is 22.0 Å². The molecule has 0 amide bonds. The van der Waals surface area contributed by atoms with Crippen molar-refractivity contribution in [1.29, 1.82) is 5.26 Å². The van der Waals surface area contributed by atoms with Gasteiger partial charge in [-0.2, -0.15) is 15.5 Å². The van der Waals surface area contributed by atoms with E-state index < -0.39 is 62.3 Å². The molecule has 0 unspecified atom stereocenters. The van der Waals surface area contributed by atoms with Crippen molar-refractivity contribution in [3.05, 3.63) is 154 Å². The van der Waals surface area contributed by atoms with Crippen molar-refractivity contribution in [2.75, 3.05) is 0 Å². The van der Waals surface area contributed by atoms with E-state index in [0.717, 1.165) is 41.3 Å². The lowest BCUT2D eigenvalue weighted by Crippen LogP contribution is -2.43. The van der Waals surface area contributed by atoms with Crippen LogP contribution in [0.3, 0.4) is 0 Å². The molecule has 280 valence electrons. The van der Waals surface area contributed by atoms with Gasteiger partial charge in [-0.25, -0.2) is 18.7 Å². The average Bonchev–Trinajstić information content (AvgIpc) is 3.16. The van der Waals surface area contributed by atoms with Gasteiger partial charge in [0.2, 0.25) is 0 Å². The molecule has 0 aliphatic heterocycles. The van der Waals surface area contributed by atoms with Crippen LogP contribution in [-0.2, 0) is 34.1 Å². The zero-order valence-electron chi connectivity index (χ0n) is 29.9. The number of benzene rings is 2. The lowest BCUT2D eigenvalue weighted by atomic mass is 9.99. The SMILES string of the molecule is CC(C)c1ccc(-n2c(=O)c(-c3c[nH]n(C)c(=O)c3=O)nn(Cc3cc(Cc4c(O)c(-c5c[nH]n(C)c(=O)c5=O)nn(C)c4=O)cc(C#N)c3Cl)c2=O)cc1. The minimum absolute atomic E-state index is 0.0865. The first-order valence-corrected chi connectivity index (χ1v) is 16.8. The second kappa shape index (κ2) is 14.4. The number of rotatable bonds is 8. The zero-order valence-corrected chi connectivity index (χ0v) is 30.6. The fourth-order valence-electron chi connectivity index (χ4n) is 5.92. The molecule has 0 radical (unpaired) electrons. The number of aromatic hydroxyl groups is 1. The molecule has 0 aliphatic carbocycles. The summed E-state index contributed by atoms with van der Waals surface area (Å²) in [4.78, 5) is 92.1. The molecular formula is C36H31ClN10O8. The van der Waals surface area contributed by atoms with Gasteiger partial charge in [0.1, 0.15) is 11.8 Å². The highest BCUT2D eigenvalue weighted by Gasteiger charge is 2.24. The molecule has 0 bridgehead atoms. The molecule has 3 N–H and O–H groups in total. The number of aryl methyl sites for hydroxylation is 3. The largest absolute Gasteiger partial charge is 0.505 e. The summed E-state index contributed by atoms with van der Waals surface area (Å²) < 4.78 is 4.37. The number of hydrogen-bond donors (Lipinski definition) is 3. The molecule has 0 atom stereocenters. The third-order valence-electron chi connectivity index (χ3n) is 9.00. The first-order chi connectivity index (χ1) is 26.0. The molecule has 19 heteroatoms. The molecule has 0 saturated heterocycles. The minimum Gasteiger partial charge on any atom is -0.505 e. The highest BCUT2D eigenvalue weighted by molar-refractivity contribution is 6.32. The quantitative estimate of drug-likeness (QED) is 0.181. The van der Waals surface area contributed by atoms with Gasteiger partial charge in [0.15, 0.2) is 11.4 Å². The van der Waals surface area contributed by atoms with E-state index in [1.165, 1.54) is 33.3 Å². The summed E-state index contributed by atoms with van der Waals surface area (Å²) >= 11 is 6.65. The molecule has 0 fully saturated rings. The van der Waals surface area contributed by atoms with E-state index in [-0.39, 0.29) is 56.6 Å². The van der Waals surface area contributed by atoms with Crippen molar-refractivity contribution in [3.8, 4) is 40.0 Å². The van der Waals surface area contributed by atoms with E-state index in [0.29, 0.717) is 0 Å². The number of nitrogens with zero attached hydrogens (tertiary/aromatic N) is 8. The van der Waals surface area contributed by atoms with Gasteiger partial charge in [0.05, 0.1) is 39.5 Å². The van der Waals surface area contributed by atoms with E-state index >= 15 is 0 Å². The minimum atomic E-state index is -1.06. The Hall–Kier alpha value is -7.13. The van der Waals surface area contributed by atoms with Gasteiger partial charge >= 0.3 is 16.8 Å². The van der Waals surface area contributed by atoms with Gasteiger partial charge in [-0.3, -0.25) is 38.1 Å². The summed E-state index contributed by atoms with van der Waals surface area (Å²) in [6.07, 6.45) is 1.94. The Balaban J connectivity index is 1.53. The van der Waals surface area contributed by atoms with Gasteiger partial charge in [-0.1, -0.05) is 43.6 Å². The van der Waals surface area contributed by atoms with Crippen LogP contribution in [0.15, 0.2) is 82.4 Å². The molecule has 4 aromatic heterocycles. The van der Waals surface area contributed by atoms with Crippen LogP contribution in [0.2, 0.25) is 5.02 Å². The van der Waals surface area contributed by atoms with Crippen molar-refractivity contribution < 1.29 is 5.11 Å². The lowest BCUT2D eigenvalue weighted by Gasteiger charge is -2.15. The molecule has 6 aromatic rings. The molecule has 4 heterocycles. The van der Waals surface area contributed by atoms with E-state index in [9.17, 15) is 43.9 Å². The van der Waals surface area contributed by atoms with Crippen LogP contribution < -0.4 is 38.8 Å². The van der Waals surface area contributed by atoms with Gasteiger partial charge < -0.3 is 15.3 Å². The number of halogens is 1. The molecule has 6 rings (SSSR count). The van der Waals surface area contributed by atoms with Gasteiger partial charge in [-0.15, -0.1) is 0 Å². The van der Waals surface area contributed by atoms with Crippen LogP contribution in [0, 0.1) is 11.3 Å². The maximum absolute atomic E-state index is 14.1. The third-order valence-corrected chi connectivity index (χ3v) is 9.45. The van der Waals surface area contributed by atoms with Crippen LogP contribution in [0.4, 0.5) is 0 Å². The highest BCUT2D eigenvalue weighted by atomic mass is 35.5. The van der Waals surface area contributed by atoms with Crippen molar-refractivity contribution in [2.24, 2.45) is 21.1 Å². The molecule has 0 spiro atoms. The summed E-state index contributed by atoms with van der Waals surface area (Å²) in [6.45, 7) is 3.46. The van der Waals surface area contributed by atoms with E-state index in [1.807, 2.05) is 19.9 Å². The van der Waals surface area contributed by atoms with Crippen LogP contribution >= 0.6 is 11.6 Å². The average molecular weight is 767 g/mol. The number of nitriles is 1. The van der Waals surface area contributed by atoms with Crippen molar-refractivity contribution in [2.45, 2.75) is 32.7 Å².